The number of ether oxygens (including phenoxy) is 1. The van der Waals surface area contributed by atoms with Crippen molar-refractivity contribution >= 4 is 12.1 Å². The SMILES string of the molecule is C=CCNC(=NCc1nnc(C)n1C)NC1CCCN(C(=O)OC(C)(C)C)C1. The molecule has 1 atom stereocenters. The maximum absolute atomic E-state index is 12.4. The summed E-state index contributed by atoms with van der Waals surface area (Å²) in [5.41, 5.74) is -0.496. The fourth-order valence-electron chi connectivity index (χ4n) is 2.84. The molecule has 0 aromatic carbocycles. The third-order valence-corrected chi connectivity index (χ3v) is 4.39. The van der Waals surface area contributed by atoms with Gasteiger partial charge in [-0.2, -0.15) is 0 Å². The number of aliphatic imine (C=N–C) groups is 1. The minimum atomic E-state index is -0.496. The minimum absolute atomic E-state index is 0.0959. The molecule has 28 heavy (non-hydrogen) atoms. The number of aryl methyl sites for hydroxylation is 1. The molecule has 1 aliphatic rings. The van der Waals surface area contributed by atoms with Crippen molar-refractivity contribution in [1.82, 2.24) is 30.3 Å². The molecule has 0 spiro atoms. The van der Waals surface area contributed by atoms with Gasteiger partial charge in [-0.3, -0.25) is 0 Å². The summed E-state index contributed by atoms with van der Waals surface area (Å²) in [6.07, 6.45) is 3.37. The summed E-state index contributed by atoms with van der Waals surface area (Å²) in [5, 5.41) is 14.8. The molecule has 2 rings (SSSR count). The van der Waals surface area contributed by atoms with Gasteiger partial charge in [0.25, 0.3) is 0 Å². The normalized spacial score (nSPS) is 18.0. The Hall–Kier alpha value is -2.58. The molecule has 1 saturated heterocycles. The van der Waals surface area contributed by atoms with Crippen molar-refractivity contribution in [2.24, 2.45) is 12.0 Å². The molecule has 1 aromatic heterocycles. The van der Waals surface area contributed by atoms with Crippen LogP contribution in [0.15, 0.2) is 17.6 Å². The number of aromatic nitrogens is 3. The van der Waals surface area contributed by atoms with E-state index in [-0.39, 0.29) is 12.1 Å². The van der Waals surface area contributed by atoms with Crippen molar-refractivity contribution in [2.75, 3.05) is 19.6 Å². The molecule has 2 heterocycles. The zero-order valence-corrected chi connectivity index (χ0v) is 17.7. The van der Waals surface area contributed by atoms with Crippen molar-refractivity contribution in [1.29, 1.82) is 0 Å². The Morgan fingerprint density at radius 3 is 2.79 bits per heavy atom. The Balaban J connectivity index is 2.00. The Bertz CT molecular complexity index is 706. The lowest BCUT2D eigenvalue weighted by Crippen LogP contribution is -2.53. The number of hydrogen-bond acceptors (Lipinski definition) is 5. The van der Waals surface area contributed by atoms with Crippen LogP contribution in [0.2, 0.25) is 0 Å². The van der Waals surface area contributed by atoms with E-state index >= 15 is 0 Å². The number of guanidine groups is 1. The van der Waals surface area contributed by atoms with Crippen LogP contribution in [0.4, 0.5) is 4.79 Å². The van der Waals surface area contributed by atoms with Gasteiger partial charge in [0.05, 0.1) is 0 Å². The van der Waals surface area contributed by atoms with Crippen LogP contribution in [0.5, 0.6) is 0 Å². The standard InChI is InChI=1S/C19H33N7O2/c1-7-10-20-17(21-12-16-24-23-14(2)25(16)6)22-15-9-8-11-26(13-15)18(27)28-19(3,4)5/h7,15H,1,8-13H2,2-6H3,(H2,20,21,22). The highest BCUT2D eigenvalue weighted by atomic mass is 16.6. The van der Waals surface area contributed by atoms with Gasteiger partial charge in [-0.15, -0.1) is 16.8 Å². The maximum Gasteiger partial charge on any atom is 0.410 e. The fourth-order valence-corrected chi connectivity index (χ4v) is 2.84. The van der Waals surface area contributed by atoms with Gasteiger partial charge in [0.2, 0.25) is 0 Å². The minimum Gasteiger partial charge on any atom is -0.444 e. The average Bonchev–Trinajstić information content (AvgIpc) is 2.94. The van der Waals surface area contributed by atoms with E-state index in [9.17, 15) is 4.79 Å². The molecule has 1 unspecified atom stereocenters. The van der Waals surface area contributed by atoms with E-state index in [2.05, 4.69) is 32.4 Å². The first-order valence-corrected chi connectivity index (χ1v) is 9.68. The van der Waals surface area contributed by atoms with E-state index in [0.717, 1.165) is 24.5 Å². The van der Waals surface area contributed by atoms with Crippen LogP contribution < -0.4 is 10.6 Å². The summed E-state index contributed by atoms with van der Waals surface area (Å²) in [6, 6.07) is 0.0959. The molecule has 1 aliphatic heterocycles. The number of likely N-dealkylation sites (tertiary alicyclic amines) is 1. The van der Waals surface area contributed by atoms with E-state index in [1.807, 2.05) is 39.3 Å². The molecule has 1 fully saturated rings. The predicted molar refractivity (Wildman–Crippen MR) is 109 cm³/mol. The molecule has 0 aliphatic carbocycles. The van der Waals surface area contributed by atoms with Gasteiger partial charge >= 0.3 is 6.09 Å². The Labute approximate surface area is 167 Å². The van der Waals surface area contributed by atoms with E-state index in [1.165, 1.54) is 0 Å². The highest BCUT2D eigenvalue weighted by molar-refractivity contribution is 5.80. The van der Waals surface area contributed by atoms with Gasteiger partial charge in [0.15, 0.2) is 11.8 Å². The lowest BCUT2D eigenvalue weighted by atomic mass is 10.1. The van der Waals surface area contributed by atoms with Crippen LogP contribution in [0.3, 0.4) is 0 Å². The van der Waals surface area contributed by atoms with Crippen molar-refractivity contribution in [3.05, 3.63) is 24.3 Å². The van der Waals surface area contributed by atoms with Gasteiger partial charge in [-0.1, -0.05) is 6.08 Å². The molecular formula is C19H33N7O2. The second-order valence-electron chi connectivity index (χ2n) is 7.97. The second kappa shape index (κ2) is 9.57. The van der Waals surface area contributed by atoms with E-state index in [4.69, 9.17) is 4.74 Å². The summed E-state index contributed by atoms with van der Waals surface area (Å²) < 4.78 is 7.41. The van der Waals surface area contributed by atoms with Crippen molar-refractivity contribution in [2.45, 2.75) is 58.7 Å². The summed E-state index contributed by atoms with van der Waals surface area (Å²) in [6.45, 7) is 13.6. The number of rotatable bonds is 5. The lowest BCUT2D eigenvalue weighted by molar-refractivity contribution is 0.0193. The van der Waals surface area contributed by atoms with Crippen LogP contribution in [0.1, 0.15) is 45.3 Å². The summed E-state index contributed by atoms with van der Waals surface area (Å²) in [7, 11) is 1.92. The summed E-state index contributed by atoms with van der Waals surface area (Å²) >= 11 is 0. The van der Waals surface area contributed by atoms with Crippen LogP contribution in [0, 0.1) is 6.92 Å². The zero-order chi connectivity index (χ0) is 20.7. The summed E-state index contributed by atoms with van der Waals surface area (Å²) in [4.78, 5) is 18.7. The fraction of sp³-hybridized carbons (Fsp3) is 0.684. The molecule has 9 nitrogen and oxygen atoms in total. The van der Waals surface area contributed by atoms with Gasteiger partial charge in [0, 0.05) is 32.7 Å². The monoisotopic (exact) mass is 391 g/mol. The topological polar surface area (TPSA) is 96.7 Å². The molecule has 2 N–H and O–H groups in total. The van der Waals surface area contributed by atoms with Gasteiger partial charge in [-0.05, 0) is 40.5 Å². The molecule has 9 heteroatoms. The second-order valence-corrected chi connectivity index (χ2v) is 7.97. The number of hydrogen-bond donors (Lipinski definition) is 2. The first-order chi connectivity index (χ1) is 13.2. The molecule has 0 radical (unpaired) electrons. The quantitative estimate of drug-likeness (QED) is 0.451. The first-order valence-electron chi connectivity index (χ1n) is 9.68. The Morgan fingerprint density at radius 2 is 2.18 bits per heavy atom. The number of piperidine rings is 1. The van der Waals surface area contributed by atoms with E-state index < -0.39 is 5.60 Å². The van der Waals surface area contributed by atoms with Crippen molar-refractivity contribution in [3.8, 4) is 0 Å². The highest BCUT2D eigenvalue weighted by Crippen LogP contribution is 2.15. The molecule has 0 bridgehead atoms. The Morgan fingerprint density at radius 1 is 1.43 bits per heavy atom. The highest BCUT2D eigenvalue weighted by Gasteiger charge is 2.28. The zero-order valence-electron chi connectivity index (χ0n) is 17.7. The average molecular weight is 392 g/mol. The lowest BCUT2D eigenvalue weighted by Gasteiger charge is -2.35. The van der Waals surface area contributed by atoms with Crippen molar-refractivity contribution < 1.29 is 9.53 Å². The summed E-state index contributed by atoms with van der Waals surface area (Å²) in [5.74, 6) is 2.30. The predicted octanol–water partition coefficient (Wildman–Crippen LogP) is 1.74. The molecule has 1 aromatic rings. The van der Waals surface area contributed by atoms with E-state index in [0.29, 0.717) is 32.1 Å². The molecule has 0 saturated carbocycles. The molecule has 156 valence electrons. The van der Waals surface area contributed by atoms with Crippen LogP contribution in [-0.4, -0.2) is 63.0 Å². The van der Waals surface area contributed by atoms with Gasteiger partial charge < -0.3 is 24.8 Å². The van der Waals surface area contributed by atoms with Gasteiger partial charge in [0.1, 0.15) is 18.0 Å². The smallest absolute Gasteiger partial charge is 0.410 e. The largest absolute Gasteiger partial charge is 0.444 e. The third kappa shape index (κ3) is 6.54. The number of nitrogens with zero attached hydrogens (tertiary/aromatic N) is 5. The maximum atomic E-state index is 12.4. The van der Waals surface area contributed by atoms with Crippen LogP contribution >= 0.6 is 0 Å². The number of amides is 1. The molecular weight excluding hydrogens is 358 g/mol. The molecule has 1 amide bonds. The van der Waals surface area contributed by atoms with Crippen molar-refractivity contribution in [3.63, 3.8) is 0 Å². The number of carbonyl (C=O) groups is 1. The van der Waals surface area contributed by atoms with Crippen LogP contribution in [-0.2, 0) is 18.3 Å². The third-order valence-electron chi connectivity index (χ3n) is 4.39. The number of nitrogens with one attached hydrogen (secondary N) is 2. The first kappa shape index (κ1) is 21.7. The number of carbonyl (C=O) groups excluding carboxylic acids is 1. The van der Waals surface area contributed by atoms with E-state index in [1.54, 1.807) is 11.0 Å². The Kier molecular flexibility index (Phi) is 7.42. The van der Waals surface area contributed by atoms with Gasteiger partial charge in [-0.25, -0.2) is 9.79 Å². The van der Waals surface area contributed by atoms with Crippen LogP contribution in [0.25, 0.3) is 0 Å².